The third-order valence-electron chi connectivity index (χ3n) is 3.61. The molecule has 2 aromatic rings. The van der Waals surface area contributed by atoms with Crippen molar-refractivity contribution in [2.24, 2.45) is 5.92 Å². The molecular weight excluding hydrogens is 336 g/mol. The Labute approximate surface area is 151 Å². The standard InChI is InChI=1S/C19H24N2O5/c1-4-5-13-8-18(23)26-16-9-14(6-7-15(13)16)25-11-17(22)21-19(24)20-10-12(2)3/h6-9,12H,4-5,10-11H2,1-3H3,(H2,20,21,22,24). The lowest BCUT2D eigenvalue weighted by molar-refractivity contribution is -0.122. The largest absolute Gasteiger partial charge is 0.484 e. The summed E-state index contributed by atoms with van der Waals surface area (Å²) in [5.74, 6) is 0.108. The molecule has 3 amide bonds. The molecule has 7 heteroatoms. The fourth-order valence-corrected chi connectivity index (χ4v) is 2.43. The molecule has 0 unspecified atom stereocenters. The molecule has 7 nitrogen and oxygen atoms in total. The molecule has 1 aromatic carbocycles. The van der Waals surface area contributed by atoms with Crippen LogP contribution in [0.25, 0.3) is 11.0 Å². The van der Waals surface area contributed by atoms with E-state index in [1.54, 1.807) is 18.2 Å². The van der Waals surface area contributed by atoms with Crippen LogP contribution in [-0.4, -0.2) is 25.1 Å². The summed E-state index contributed by atoms with van der Waals surface area (Å²) in [5.41, 5.74) is 0.913. The molecule has 0 aliphatic rings. The Balaban J connectivity index is 1.99. The van der Waals surface area contributed by atoms with E-state index >= 15 is 0 Å². The Morgan fingerprint density at radius 2 is 2.00 bits per heavy atom. The Morgan fingerprint density at radius 1 is 1.23 bits per heavy atom. The number of benzene rings is 1. The number of carbonyl (C=O) groups excluding carboxylic acids is 2. The Bertz CT molecular complexity index is 841. The highest BCUT2D eigenvalue weighted by Crippen LogP contribution is 2.23. The lowest BCUT2D eigenvalue weighted by Crippen LogP contribution is -2.42. The highest BCUT2D eigenvalue weighted by Gasteiger charge is 2.10. The van der Waals surface area contributed by atoms with Gasteiger partial charge in [-0.2, -0.15) is 0 Å². The van der Waals surface area contributed by atoms with Crippen LogP contribution in [0.3, 0.4) is 0 Å². The van der Waals surface area contributed by atoms with E-state index in [1.165, 1.54) is 6.07 Å². The number of carbonyl (C=O) groups is 2. The number of hydrogen-bond acceptors (Lipinski definition) is 5. The van der Waals surface area contributed by atoms with Gasteiger partial charge in [0.25, 0.3) is 5.91 Å². The zero-order valence-corrected chi connectivity index (χ0v) is 15.3. The minimum absolute atomic E-state index is 0.289. The molecule has 26 heavy (non-hydrogen) atoms. The number of ether oxygens (including phenoxy) is 1. The lowest BCUT2D eigenvalue weighted by atomic mass is 10.1. The second-order valence-electron chi connectivity index (χ2n) is 6.44. The highest BCUT2D eigenvalue weighted by atomic mass is 16.5. The topological polar surface area (TPSA) is 97.6 Å². The smallest absolute Gasteiger partial charge is 0.336 e. The number of imide groups is 1. The van der Waals surface area contributed by atoms with E-state index in [-0.39, 0.29) is 12.5 Å². The fraction of sp³-hybridized carbons (Fsp3) is 0.421. The molecule has 0 bridgehead atoms. The zero-order valence-electron chi connectivity index (χ0n) is 15.3. The molecule has 1 heterocycles. The first-order chi connectivity index (χ1) is 12.4. The van der Waals surface area contributed by atoms with Crippen LogP contribution in [0.15, 0.2) is 33.5 Å². The van der Waals surface area contributed by atoms with Crippen LogP contribution in [0.2, 0.25) is 0 Å². The molecule has 2 N–H and O–H groups in total. The number of aryl methyl sites for hydroxylation is 1. The summed E-state index contributed by atoms with van der Waals surface area (Å²) < 4.78 is 10.6. The maximum Gasteiger partial charge on any atom is 0.336 e. The first-order valence-electron chi connectivity index (χ1n) is 8.66. The van der Waals surface area contributed by atoms with Crippen LogP contribution in [0.4, 0.5) is 4.79 Å². The molecule has 140 valence electrons. The molecule has 1 aromatic heterocycles. The zero-order chi connectivity index (χ0) is 19.1. The molecule has 0 saturated carbocycles. The van der Waals surface area contributed by atoms with Crippen LogP contribution in [0.1, 0.15) is 32.8 Å². The van der Waals surface area contributed by atoms with Gasteiger partial charge in [-0.25, -0.2) is 9.59 Å². The summed E-state index contributed by atoms with van der Waals surface area (Å²) in [5, 5.41) is 5.62. The number of rotatable bonds is 7. The van der Waals surface area contributed by atoms with E-state index in [9.17, 15) is 14.4 Å². The van der Waals surface area contributed by atoms with Gasteiger partial charge >= 0.3 is 11.7 Å². The van der Waals surface area contributed by atoms with Crippen molar-refractivity contribution in [2.75, 3.05) is 13.2 Å². The van der Waals surface area contributed by atoms with Crippen molar-refractivity contribution in [3.63, 3.8) is 0 Å². The van der Waals surface area contributed by atoms with Crippen LogP contribution >= 0.6 is 0 Å². The maximum absolute atomic E-state index is 11.8. The number of hydrogen-bond donors (Lipinski definition) is 2. The van der Waals surface area contributed by atoms with Crippen molar-refractivity contribution in [1.29, 1.82) is 0 Å². The number of amides is 3. The molecule has 2 rings (SSSR count). The normalized spacial score (nSPS) is 10.8. The second-order valence-corrected chi connectivity index (χ2v) is 6.44. The van der Waals surface area contributed by atoms with Crippen LogP contribution < -0.4 is 21.0 Å². The van der Waals surface area contributed by atoms with E-state index in [2.05, 4.69) is 10.6 Å². The van der Waals surface area contributed by atoms with Crippen molar-refractivity contribution in [1.82, 2.24) is 10.6 Å². The van der Waals surface area contributed by atoms with Gasteiger partial charge in [0.1, 0.15) is 11.3 Å². The third-order valence-corrected chi connectivity index (χ3v) is 3.61. The predicted octanol–water partition coefficient (Wildman–Crippen LogP) is 2.61. The quantitative estimate of drug-likeness (QED) is 0.740. The van der Waals surface area contributed by atoms with Crippen LogP contribution in [-0.2, 0) is 11.2 Å². The van der Waals surface area contributed by atoms with Crippen molar-refractivity contribution in [2.45, 2.75) is 33.6 Å². The molecular formula is C19H24N2O5. The molecule has 0 spiro atoms. The second kappa shape index (κ2) is 9.03. The van der Waals surface area contributed by atoms with Crippen LogP contribution in [0.5, 0.6) is 5.75 Å². The maximum atomic E-state index is 11.8. The van der Waals surface area contributed by atoms with Crippen molar-refractivity contribution >= 4 is 22.9 Å². The lowest BCUT2D eigenvalue weighted by Gasteiger charge is -2.10. The average Bonchev–Trinajstić information content (AvgIpc) is 2.58. The molecule has 0 fully saturated rings. The first kappa shape index (κ1) is 19.5. The monoisotopic (exact) mass is 360 g/mol. The van der Waals surface area contributed by atoms with E-state index in [0.29, 0.717) is 17.9 Å². The molecule has 0 radical (unpaired) electrons. The van der Waals surface area contributed by atoms with Gasteiger partial charge in [-0.05, 0) is 30.0 Å². The third kappa shape index (κ3) is 5.61. The Kier molecular flexibility index (Phi) is 6.77. The van der Waals surface area contributed by atoms with E-state index < -0.39 is 17.6 Å². The molecule has 0 saturated heterocycles. The number of fused-ring (bicyclic) bond motifs is 1. The Hall–Kier alpha value is -2.83. The fourth-order valence-electron chi connectivity index (χ4n) is 2.43. The van der Waals surface area contributed by atoms with Crippen molar-refractivity contribution in [3.05, 3.63) is 40.2 Å². The number of urea groups is 1. The predicted molar refractivity (Wildman–Crippen MR) is 98.4 cm³/mol. The summed E-state index contributed by atoms with van der Waals surface area (Å²) in [7, 11) is 0. The van der Waals surface area contributed by atoms with E-state index in [4.69, 9.17) is 9.15 Å². The van der Waals surface area contributed by atoms with Gasteiger partial charge in [-0.3, -0.25) is 10.1 Å². The first-order valence-corrected chi connectivity index (χ1v) is 8.66. The average molecular weight is 360 g/mol. The van der Waals surface area contributed by atoms with E-state index in [1.807, 2.05) is 20.8 Å². The van der Waals surface area contributed by atoms with Gasteiger partial charge in [-0.1, -0.05) is 27.2 Å². The highest BCUT2D eigenvalue weighted by molar-refractivity contribution is 5.95. The van der Waals surface area contributed by atoms with Gasteiger partial charge in [0.15, 0.2) is 6.61 Å². The minimum atomic E-state index is -0.562. The van der Waals surface area contributed by atoms with Gasteiger partial charge in [-0.15, -0.1) is 0 Å². The van der Waals surface area contributed by atoms with Crippen molar-refractivity contribution in [3.8, 4) is 5.75 Å². The van der Waals surface area contributed by atoms with Gasteiger partial charge < -0.3 is 14.5 Å². The van der Waals surface area contributed by atoms with Gasteiger partial charge in [0, 0.05) is 24.1 Å². The summed E-state index contributed by atoms with van der Waals surface area (Å²) in [6.07, 6.45) is 1.69. The molecule has 0 atom stereocenters. The summed E-state index contributed by atoms with van der Waals surface area (Å²) in [6.45, 7) is 6.10. The molecule has 0 aliphatic carbocycles. The number of nitrogens with one attached hydrogen (secondary N) is 2. The summed E-state index contributed by atoms with van der Waals surface area (Å²) in [6, 6.07) is 6.01. The summed E-state index contributed by atoms with van der Waals surface area (Å²) in [4.78, 5) is 35.0. The summed E-state index contributed by atoms with van der Waals surface area (Å²) >= 11 is 0. The van der Waals surface area contributed by atoms with Gasteiger partial charge in [0.05, 0.1) is 0 Å². The minimum Gasteiger partial charge on any atom is -0.484 e. The Morgan fingerprint density at radius 3 is 2.69 bits per heavy atom. The molecule has 0 aliphatic heterocycles. The van der Waals surface area contributed by atoms with E-state index in [0.717, 1.165) is 23.8 Å². The van der Waals surface area contributed by atoms with Gasteiger partial charge in [0.2, 0.25) is 0 Å². The van der Waals surface area contributed by atoms with Crippen molar-refractivity contribution < 1.29 is 18.7 Å². The SMILES string of the molecule is CCCc1cc(=O)oc2cc(OCC(=O)NC(=O)NCC(C)C)ccc12. The van der Waals surface area contributed by atoms with Crippen LogP contribution in [0, 0.1) is 5.92 Å².